The molecule has 0 amide bonds. The van der Waals surface area contributed by atoms with Gasteiger partial charge in [0, 0.05) is 16.0 Å². The zero-order chi connectivity index (χ0) is 13.1. The van der Waals surface area contributed by atoms with E-state index in [1.165, 1.54) is 4.88 Å². The molecule has 0 aliphatic rings. The van der Waals surface area contributed by atoms with Crippen molar-refractivity contribution in [2.45, 2.75) is 24.4 Å². The van der Waals surface area contributed by atoms with Gasteiger partial charge < -0.3 is 0 Å². The average Bonchev–Trinajstić information content (AvgIpc) is 3.10. The van der Waals surface area contributed by atoms with Crippen LogP contribution in [-0.4, -0.2) is 25.2 Å². The van der Waals surface area contributed by atoms with Crippen LogP contribution in [-0.2, 0) is 12.3 Å². The summed E-state index contributed by atoms with van der Waals surface area (Å²) in [5.74, 6) is 0.801. The summed E-state index contributed by atoms with van der Waals surface area (Å²) in [5.41, 5.74) is 1.08. The fraction of sp³-hybridized carbons (Fsp3) is 0.273. The molecule has 0 aliphatic carbocycles. The third kappa shape index (κ3) is 3.20. The van der Waals surface area contributed by atoms with E-state index in [9.17, 15) is 0 Å². The second kappa shape index (κ2) is 5.81. The molecule has 0 bridgehead atoms. The number of tetrazole rings is 1. The highest BCUT2D eigenvalue weighted by molar-refractivity contribution is 7.98. The van der Waals surface area contributed by atoms with Crippen molar-refractivity contribution in [3.05, 3.63) is 38.5 Å². The van der Waals surface area contributed by atoms with Crippen molar-refractivity contribution in [3.63, 3.8) is 0 Å². The molecule has 0 saturated carbocycles. The van der Waals surface area contributed by atoms with Crippen LogP contribution in [0.15, 0.2) is 28.0 Å². The Kier molecular flexibility index (Phi) is 3.90. The SMILES string of the molecule is Cc1nc(CSc2nnnn2Cc2cccs2)cs1. The fourth-order valence-electron chi connectivity index (χ4n) is 1.56. The molecule has 3 rings (SSSR count). The zero-order valence-electron chi connectivity index (χ0n) is 10.2. The molecule has 8 heteroatoms. The zero-order valence-corrected chi connectivity index (χ0v) is 12.6. The highest BCUT2D eigenvalue weighted by Gasteiger charge is 2.09. The summed E-state index contributed by atoms with van der Waals surface area (Å²) in [7, 11) is 0. The maximum atomic E-state index is 4.44. The first-order chi connectivity index (χ1) is 9.31. The number of rotatable bonds is 5. The van der Waals surface area contributed by atoms with Crippen LogP contribution in [0.5, 0.6) is 0 Å². The molecule has 5 nitrogen and oxygen atoms in total. The van der Waals surface area contributed by atoms with Crippen LogP contribution in [0.25, 0.3) is 0 Å². The number of thiazole rings is 1. The van der Waals surface area contributed by atoms with E-state index in [4.69, 9.17) is 0 Å². The van der Waals surface area contributed by atoms with E-state index >= 15 is 0 Å². The Hall–Kier alpha value is -1.25. The smallest absolute Gasteiger partial charge is 0.210 e. The molecule has 0 unspecified atom stereocenters. The normalized spacial score (nSPS) is 11.0. The summed E-state index contributed by atoms with van der Waals surface area (Å²) < 4.78 is 1.83. The van der Waals surface area contributed by atoms with Gasteiger partial charge in [0.25, 0.3) is 0 Å². The molecule has 3 aromatic rings. The van der Waals surface area contributed by atoms with Gasteiger partial charge in [-0.05, 0) is 28.8 Å². The summed E-state index contributed by atoms with van der Waals surface area (Å²) in [6, 6.07) is 4.12. The molecule has 3 heterocycles. The molecule has 0 spiro atoms. The van der Waals surface area contributed by atoms with Gasteiger partial charge in [0.1, 0.15) is 0 Å². The van der Waals surface area contributed by atoms with Crippen molar-refractivity contribution in [1.29, 1.82) is 0 Å². The molecule has 0 N–H and O–H groups in total. The summed E-state index contributed by atoms with van der Waals surface area (Å²) in [4.78, 5) is 5.69. The lowest BCUT2D eigenvalue weighted by Gasteiger charge is -2.01. The van der Waals surface area contributed by atoms with Crippen LogP contribution < -0.4 is 0 Å². The molecule has 19 heavy (non-hydrogen) atoms. The van der Waals surface area contributed by atoms with Gasteiger partial charge in [-0.1, -0.05) is 17.8 Å². The Morgan fingerprint density at radius 1 is 1.37 bits per heavy atom. The predicted octanol–water partition coefficient (Wildman–Crippen LogP) is 2.84. The van der Waals surface area contributed by atoms with Crippen molar-refractivity contribution in [1.82, 2.24) is 25.2 Å². The lowest BCUT2D eigenvalue weighted by atomic mass is 10.5. The minimum absolute atomic E-state index is 0.725. The van der Waals surface area contributed by atoms with Gasteiger partial charge in [0.15, 0.2) is 0 Å². The van der Waals surface area contributed by atoms with Crippen molar-refractivity contribution < 1.29 is 0 Å². The second-order valence-corrected chi connectivity index (χ2v) is 6.88. The highest BCUT2D eigenvalue weighted by Crippen LogP contribution is 2.22. The quantitative estimate of drug-likeness (QED) is 0.678. The van der Waals surface area contributed by atoms with Crippen molar-refractivity contribution in [2.24, 2.45) is 0 Å². The Labute approximate surface area is 122 Å². The molecule has 0 saturated heterocycles. The van der Waals surface area contributed by atoms with Crippen LogP contribution in [0.1, 0.15) is 15.6 Å². The van der Waals surface area contributed by atoms with Crippen LogP contribution >= 0.6 is 34.4 Å². The topological polar surface area (TPSA) is 56.5 Å². The van der Waals surface area contributed by atoms with Gasteiger partial charge in [0.2, 0.25) is 5.16 Å². The highest BCUT2D eigenvalue weighted by atomic mass is 32.2. The number of aromatic nitrogens is 5. The fourth-order valence-corrected chi connectivity index (χ4v) is 3.74. The van der Waals surface area contributed by atoms with Crippen LogP contribution in [0.3, 0.4) is 0 Å². The van der Waals surface area contributed by atoms with E-state index < -0.39 is 0 Å². The second-order valence-electron chi connectivity index (χ2n) is 3.85. The third-order valence-electron chi connectivity index (χ3n) is 2.40. The van der Waals surface area contributed by atoms with Gasteiger partial charge >= 0.3 is 0 Å². The maximum Gasteiger partial charge on any atom is 0.210 e. The Bertz CT molecular complexity index is 643. The largest absolute Gasteiger partial charge is 0.246 e. The van der Waals surface area contributed by atoms with Gasteiger partial charge in [0.05, 0.1) is 17.2 Å². The first-order valence-corrected chi connectivity index (χ1v) is 8.38. The standard InChI is InChI=1S/C11H11N5S3/c1-8-12-9(6-18-8)7-19-11-13-14-15-16(11)5-10-3-2-4-17-10/h2-4,6H,5,7H2,1H3. The lowest BCUT2D eigenvalue weighted by molar-refractivity contribution is 0.608. The van der Waals surface area contributed by atoms with Gasteiger partial charge in [-0.25, -0.2) is 9.67 Å². The van der Waals surface area contributed by atoms with Crippen LogP contribution in [0, 0.1) is 6.92 Å². The minimum Gasteiger partial charge on any atom is -0.246 e. The molecule has 0 aliphatic heterocycles. The van der Waals surface area contributed by atoms with Crippen molar-refractivity contribution >= 4 is 34.4 Å². The Morgan fingerprint density at radius 2 is 2.32 bits per heavy atom. The van der Waals surface area contributed by atoms with Crippen molar-refractivity contribution in [2.75, 3.05) is 0 Å². The molecular weight excluding hydrogens is 298 g/mol. The van der Waals surface area contributed by atoms with E-state index in [1.807, 2.05) is 17.7 Å². The van der Waals surface area contributed by atoms with E-state index in [0.717, 1.165) is 28.2 Å². The van der Waals surface area contributed by atoms with E-state index in [2.05, 4.69) is 37.3 Å². The molecule has 98 valence electrons. The summed E-state index contributed by atoms with van der Waals surface area (Å²) >= 11 is 5.00. The average molecular weight is 309 g/mol. The van der Waals surface area contributed by atoms with Crippen LogP contribution in [0.2, 0.25) is 0 Å². The van der Waals surface area contributed by atoms with E-state index in [-0.39, 0.29) is 0 Å². The van der Waals surface area contributed by atoms with Crippen molar-refractivity contribution in [3.8, 4) is 0 Å². The minimum atomic E-state index is 0.725. The van der Waals surface area contributed by atoms with E-state index in [1.54, 1.807) is 34.4 Å². The molecule has 0 atom stereocenters. The number of thioether (sulfide) groups is 1. The van der Waals surface area contributed by atoms with Gasteiger partial charge in [-0.15, -0.1) is 27.8 Å². The van der Waals surface area contributed by atoms with E-state index in [0.29, 0.717) is 0 Å². The summed E-state index contributed by atoms with van der Waals surface area (Å²) in [6.45, 7) is 2.74. The number of aryl methyl sites for hydroxylation is 1. The first-order valence-electron chi connectivity index (χ1n) is 5.63. The molecule has 0 fully saturated rings. The van der Waals surface area contributed by atoms with Gasteiger partial charge in [-0.2, -0.15) is 0 Å². The molecule has 3 aromatic heterocycles. The molecule has 0 aromatic carbocycles. The Morgan fingerprint density at radius 3 is 3.05 bits per heavy atom. The number of hydrogen-bond donors (Lipinski definition) is 0. The molecular formula is C11H11N5S3. The summed E-state index contributed by atoms with van der Waals surface area (Å²) in [5, 5.41) is 17.9. The maximum absolute atomic E-state index is 4.44. The number of nitrogens with zero attached hydrogens (tertiary/aromatic N) is 5. The number of thiophene rings is 1. The third-order valence-corrected chi connectivity index (χ3v) is 5.07. The molecule has 0 radical (unpaired) electrons. The van der Waals surface area contributed by atoms with Crippen LogP contribution in [0.4, 0.5) is 0 Å². The Balaban J connectivity index is 1.66. The summed E-state index contributed by atoms with van der Waals surface area (Å²) in [6.07, 6.45) is 0. The first kappa shape index (κ1) is 12.8. The lowest BCUT2D eigenvalue weighted by Crippen LogP contribution is -2.02. The van der Waals surface area contributed by atoms with Gasteiger partial charge in [-0.3, -0.25) is 0 Å². The predicted molar refractivity (Wildman–Crippen MR) is 77.7 cm³/mol. The number of hydrogen-bond acceptors (Lipinski definition) is 7. The monoisotopic (exact) mass is 309 g/mol.